The van der Waals surface area contributed by atoms with Crippen LogP contribution in [0.3, 0.4) is 0 Å². The fourth-order valence-corrected chi connectivity index (χ4v) is 1.63. The van der Waals surface area contributed by atoms with Crippen molar-refractivity contribution in [3.05, 3.63) is 29.3 Å². The van der Waals surface area contributed by atoms with Gasteiger partial charge >= 0.3 is 0 Å². The second kappa shape index (κ2) is 2.81. The third kappa shape index (κ3) is 1.31. The molecule has 1 aliphatic carbocycles. The van der Waals surface area contributed by atoms with E-state index in [0.29, 0.717) is 0 Å². The van der Waals surface area contributed by atoms with Crippen LogP contribution in [0.2, 0.25) is 0 Å². The van der Waals surface area contributed by atoms with Crippen LogP contribution >= 0.6 is 0 Å². The summed E-state index contributed by atoms with van der Waals surface area (Å²) >= 11 is 0. The molecule has 2 rings (SSSR count). The molecule has 0 N–H and O–H groups in total. The second-order valence-electron chi connectivity index (χ2n) is 3.50. The number of benzene rings is 1. The molecule has 1 heteroatoms. The molecule has 1 aliphatic rings. The summed E-state index contributed by atoms with van der Waals surface area (Å²) in [6.45, 7) is 2.16. The predicted molar refractivity (Wildman–Crippen MR) is 49.7 cm³/mol. The van der Waals surface area contributed by atoms with Crippen LogP contribution in [-0.2, 0) is 0 Å². The summed E-state index contributed by atoms with van der Waals surface area (Å²) in [6.07, 6.45) is 2.74. The van der Waals surface area contributed by atoms with Gasteiger partial charge in [0.2, 0.25) is 0 Å². The lowest BCUT2D eigenvalue weighted by molar-refractivity contribution is 0.414. The van der Waals surface area contributed by atoms with E-state index in [1.54, 1.807) is 7.11 Å². The van der Waals surface area contributed by atoms with Crippen LogP contribution in [0, 0.1) is 6.92 Å². The van der Waals surface area contributed by atoms with Gasteiger partial charge in [-0.15, -0.1) is 0 Å². The SMILES string of the molecule is COc1ccc(C2CC2)c(C)c1. The first-order valence-corrected chi connectivity index (χ1v) is 4.46. The third-order valence-electron chi connectivity index (χ3n) is 2.49. The van der Waals surface area contributed by atoms with Crippen molar-refractivity contribution < 1.29 is 4.74 Å². The summed E-state index contributed by atoms with van der Waals surface area (Å²) < 4.78 is 5.15. The van der Waals surface area contributed by atoms with E-state index in [1.165, 1.54) is 24.0 Å². The first-order chi connectivity index (χ1) is 5.81. The molecule has 0 radical (unpaired) electrons. The number of methoxy groups -OCH3 is 1. The largest absolute Gasteiger partial charge is 0.497 e. The summed E-state index contributed by atoms with van der Waals surface area (Å²) in [5.41, 5.74) is 2.88. The van der Waals surface area contributed by atoms with Crippen molar-refractivity contribution in [2.24, 2.45) is 0 Å². The fourth-order valence-electron chi connectivity index (χ4n) is 1.63. The first kappa shape index (κ1) is 7.66. The molecule has 0 unspecified atom stereocenters. The van der Waals surface area contributed by atoms with E-state index in [-0.39, 0.29) is 0 Å². The normalized spacial score (nSPS) is 16.2. The average molecular weight is 162 g/mol. The number of ether oxygens (including phenoxy) is 1. The first-order valence-electron chi connectivity index (χ1n) is 4.46. The number of rotatable bonds is 2. The maximum Gasteiger partial charge on any atom is 0.119 e. The van der Waals surface area contributed by atoms with Crippen molar-refractivity contribution in [2.75, 3.05) is 7.11 Å². The fraction of sp³-hybridized carbons (Fsp3) is 0.455. The summed E-state index contributed by atoms with van der Waals surface area (Å²) in [7, 11) is 1.71. The van der Waals surface area contributed by atoms with Gasteiger partial charge in [-0.25, -0.2) is 0 Å². The molecule has 12 heavy (non-hydrogen) atoms. The third-order valence-corrected chi connectivity index (χ3v) is 2.49. The standard InChI is InChI=1S/C11H14O/c1-8-7-10(12-2)5-6-11(8)9-3-4-9/h5-7,9H,3-4H2,1-2H3. The monoisotopic (exact) mass is 162 g/mol. The van der Waals surface area contributed by atoms with E-state index >= 15 is 0 Å². The summed E-state index contributed by atoms with van der Waals surface area (Å²) in [6, 6.07) is 6.38. The van der Waals surface area contributed by atoms with Crippen LogP contribution in [0.1, 0.15) is 29.9 Å². The Kier molecular flexibility index (Phi) is 1.80. The van der Waals surface area contributed by atoms with Gasteiger partial charge < -0.3 is 4.74 Å². The van der Waals surface area contributed by atoms with E-state index in [9.17, 15) is 0 Å². The van der Waals surface area contributed by atoms with Crippen LogP contribution in [0.5, 0.6) is 5.75 Å². The molecule has 0 aliphatic heterocycles. The Morgan fingerprint density at radius 1 is 1.33 bits per heavy atom. The number of hydrogen-bond acceptors (Lipinski definition) is 1. The van der Waals surface area contributed by atoms with Crippen LogP contribution in [0.4, 0.5) is 0 Å². The summed E-state index contributed by atoms with van der Waals surface area (Å²) in [5.74, 6) is 1.81. The molecule has 0 amide bonds. The lowest BCUT2D eigenvalue weighted by Gasteiger charge is -2.05. The summed E-state index contributed by atoms with van der Waals surface area (Å²) in [5, 5.41) is 0. The van der Waals surface area contributed by atoms with Gasteiger partial charge in [0.1, 0.15) is 5.75 Å². The van der Waals surface area contributed by atoms with E-state index in [4.69, 9.17) is 4.74 Å². The molecule has 0 aromatic heterocycles. The Labute approximate surface area is 73.4 Å². The number of aryl methyl sites for hydroxylation is 1. The van der Waals surface area contributed by atoms with Crippen LogP contribution in [0.25, 0.3) is 0 Å². The van der Waals surface area contributed by atoms with Gasteiger partial charge in [0.05, 0.1) is 7.11 Å². The molecule has 0 bridgehead atoms. The Balaban J connectivity index is 2.32. The topological polar surface area (TPSA) is 9.23 Å². The van der Waals surface area contributed by atoms with Gasteiger partial charge in [-0.2, -0.15) is 0 Å². The van der Waals surface area contributed by atoms with Gasteiger partial charge in [0.15, 0.2) is 0 Å². The Hall–Kier alpha value is -0.980. The van der Waals surface area contributed by atoms with Gasteiger partial charge in [-0.05, 0) is 48.9 Å². The molecule has 1 saturated carbocycles. The maximum absolute atomic E-state index is 5.15. The lowest BCUT2D eigenvalue weighted by Crippen LogP contribution is -1.88. The minimum Gasteiger partial charge on any atom is -0.497 e. The van der Waals surface area contributed by atoms with Gasteiger partial charge in [-0.3, -0.25) is 0 Å². The smallest absolute Gasteiger partial charge is 0.119 e. The molecule has 64 valence electrons. The average Bonchev–Trinajstić information content (AvgIpc) is 2.87. The molecule has 1 aromatic rings. The highest BCUT2D eigenvalue weighted by molar-refractivity contribution is 5.38. The van der Waals surface area contributed by atoms with Crippen LogP contribution in [0.15, 0.2) is 18.2 Å². The van der Waals surface area contributed by atoms with Crippen molar-refractivity contribution in [2.45, 2.75) is 25.7 Å². The molecule has 1 fully saturated rings. The Morgan fingerprint density at radius 2 is 2.08 bits per heavy atom. The quantitative estimate of drug-likeness (QED) is 0.649. The minimum absolute atomic E-state index is 0.843. The molecule has 0 heterocycles. The second-order valence-corrected chi connectivity index (χ2v) is 3.50. The zero-order valence-electron chi connectivity index (χ0n) is 7.63. The molecule has 0 atom stereocenters. The van der Waals surface area contributed by atoms with Crippen molar-refractivity contribution in [3.63, 3.8) is 0 Å². The highest BCUT2D eigenvalue weighted by Gasteiger charge is 2.24. The van der Waals surface area contributed by atoms with Crippen molar-refractivity contribution in [1.82, 2.24) is 0 Å². The lowest BCUT2D eigenvalue weighted by atomic mass is 10.0. The zero-order valence-corrected chi connectivity index (χ0v) is 7.63. The van der Waals surface area contributed by atoms with Crippen LogP contribution in [-0.4, -0.2) is 7.11 Å². The molecule has 1 nitrogen and oxygen atoms in total. The van der Waals surface area contributed by atoms with Crippen molar-refractivity contribution in [1.29, 1.82) is 0 Å². The predicted octanol–water partition coefficient (Wildman–Crippen LogP) is 2.88. The van der Waals surface area contributed by atoms with E-state index in [1.807, 2.05) is 0 Å². The highest BCUT2D eigenvalue weighted by Crippen LogP contribution is 2.42. The van der Waals surface area contributed by atoms with E-state index in [0.717, 1.165) is 11.7 Å². The van der Waals surface area contributed by atoms with E-state index < -0.39 is 0 Å². The van der Waals surface area contributed by atoms with E-state index in [2.05, 4.69) is 25.1 Å². The van der Waals surface area contributed by atoms with Gasteiger partial charge in [0, 0.05) is 0 Å². The van der Waals surface area contributed by atoms with Crippen LogP contribution < -0.4 is 4.74 Å². The summed E-state index contributed by atoms with van der Waals surface area (Å²) in [4.78, 5) is 0. The Morgan fingerprint density at radius 3 is 2.58 bits per heavy atom. The minimum atomic E-state index is 0.843. The highest BCUT2D eigenvalue weighted by atomic mass is 16.5. The zero-order chi connectivity index (χ0) is 8.55. The Bertz CT molecular complexity index is 287. The molecular weight excluding hydrogens is 148 g/mol. The maximum atomic E-state index is 5.15. The molecular formula is C11H14O. The number of hydrogen-bond donors (Lipinski definition) is 0. The molecule has 0 saturated heterocycles. The van der Waals surface area contributed by atoms with Crippen molar-refractivity contribution >= 4 is 0 Å². The van der Waals surface area contributed by atoms with Gasteiger partial charge in [-0.1, -0.05) is 6.07 Å². The van der Waals surface area contributed by atoms with Gasteiger partial charge in [0.25, 0.3) is 0 Å². The molecule has 1 aromatic carbocycles. The molecule has 0 spiro atoms. The van der Waals surface area contributed by atoms with Crippen molar-refractivity contribution in [3.8, 4) is 5.75 Å².